The Kier molecular flexibility index (Phi) is 6.03. The van der Waals surface area contributed by atoms with Crippen molar-refractivity contribution in [2.24, 2.45) is 0 Å². The summed E-state index contributed by atoms with van der Waals surface area (Å²) in [5.41, 5.74) is 2.66. The lowest BCUT2D eigenvalue weighted by molar-refractivity contribution is 0.185. The van der Waals surface area contributed by atoms with E-state index in [-0.39, 0.29) is 0 Å². The van der Waals surface area contributed by atoms with Crippen LogP contribution in [0, 0.1) is 6.92 Å². The Balaban J connectivity index is 2.39. The van der Waals surface area contributed by atoms with Gasteiger partial charge in [0.05, 0.1) is 11.4 Å². The molecule has 0 aliphatic heterocycles. The van der Waals surface area contributed by atoms with Gasteiger partial charge in [0.1, 0.15) is 0 Å². The highest BCUT2D eigenvalue weighted by Crippen LogP contribution is 2.08. The van der Waals surface area contributed by atoms with Gasteiger partial charge in [0.15, 0.2) is 0 Å². The van der Waals surface area contributed by atoms with Gasteiger partial charge in [-0.25, -0.2) is 0 Å². The highest BCUT2D eigenvalue weighted by Gasteiger charge is 2.07. The molecule has 0 aliphatic rings. The molecule has 3 heteroatoms. The molecule has 16 heavy (non-hydrogen) atoms. The Morgan fingerprint density at radius 2 is 1.94 bits per heavy atom. The molecule has 0 saturated heterocycles. The summed E-state index contributed by atoms with van der Waals surface area (Å²) in [5, 5.41) is 0. The number of aryl methyl sites for hydroxylation is 1. The van der Waals surface area contributed by atoms with Crippen molar-refractivity contribution >= 4 is 15.9 Å². The molecular weight excluding hydrogens is 266 g/mol. The monoisotopic (exact) mass is 285 g/mol. The van der Waals surface area contributed by atoms with Gasteiger partial charge in [-0.15, -0.1) is 0 Å². The summed E-state index contributed by atoms with van der Waals surface area (Å²) in [6.07, 6.45) is 0. The molecule has 0 spiro atoms. The summed E-state index contributed by atoms with van der Waals surface area (Å²) >= 11 is 3.60. The van der Waals surface area contributed by atoms with Gasteiger partial charge in [0.2, 0.25) is 0 Å². The average Bonchev–Trinajstić information content (AvgIpc) is 2.21. The van der Waals surface area contributed by atoms with Gasteiger partial charge in [-0.1, -0.05) is 45.8 Å². The second kappa shape index (κ2) is 7.05. The molecule has 0 heterocycles. The molecule has 1 unspecified atom stereocenters. The maximum Gasteiger partial charge on any atom is 0.0600 e. The van der Waals surface area contributed by atoms with Crippen molar-refractivity contribution in [3.8, 4) is 0 Å². The second-order valence-corrected chi connectivity index (χ2v) is 5.53. The van der Waals surface area contributed by atoms with E-state index in [2.05, 4.69) is 59.1 Å². The third kappa shape index (κ3) is 5.10. The van der Waals surface area contributed by atoms with E-state index in [0.29, 0.717) is 4.83 Å². The van der Waals surface area contributed by atoms with Gasteiger partial charge in [-0.3, -0.25) is 0 Å². The van der Waals surface area contributed by atoms with Gasteiger partial charge < -0.3 is 9.64 Å². The molecule has 0 aromatic heterocycles. The predicted molar refractivity (Wildman–Crippen MR) is 72.1 cm³/mol. The average molecular weight is 286 g/mol. The fourth-order valence-electron chi connectivity index (χ4n) is 1.64. The maximum atomic E-state index is 5.10. The Morgan fingerprint density at radius 3 is 2.50 bits per heavy atom. The number of alkyl halides is 1. The summed E-state index contributed by atoms with van der Waals surface area (Å²) in [5.74, 6) is 0. The van der Waals surface area contributed by atoms with Crippen molar-refractivity contribution in [2.45, 2.75) is 18.3 Å². The number of halogens is 1. The smallest absolute Gasteiger partial charge is 0.0600 e. The Bertz CT molecular complexity index is 299. The van der Waals surface area contributed by atoms with E-state index in [1.807, 2.05) is 0 Å². The first kappa shape index (κ1) is 13.7. The molecule has 0 saturated carbocycles. The largest absolute Gasteiger partial charge is 0.383 e. The Morgan fingerprint density at radius 1 is 1.31 bits per heavy atom. The number of rotatable bonds is 6. The number of methoxy groups -OCH3 is 1. The second-order valence-electron chi connectivity index (χ2n) is 4.23. The lowest BCUT2D eigenvalue weighted by atomic mass is 10.1. The third-order valence-electron chi connectivity index (χ3n) is 2.43. The zero-order valence-electron chi connectivity index (χ0n) is 10.2. The molecule has 1 atom stereocenters. The molecule has 0 N–H and O–H groups in total. The van der Waals surface area contributed by atoms with Crippen LogP contribution < -0.4 is 0 Å². The summed E-state index contributed by atoms with van der Waals surface area (Å²) in [7, 11) is 3.86. The number of hydrogen-bond donors (Lipinski definition) is 0. The number of benzene rings is 1. The van der Waals surface area contributed by atoms with Gasteiger partial charge in [0.25, 0.3) is 0 Å². The van der Waals surface area contributed by atoms with E-state index in [9.17, 15) is 0 Å². The zero-order chi connectivity index (χ0) is 12.0. The minimum atomic E-state index is 0.396. The predicted octanol–water partition coefficient (Wildman–Crippen LogP) is 2.84. The van der Waals surface area contributed by atoms with Crippen LogP contribution in [0.3, 0.4) is 0 Å². The van der Waals surface area contributed by atoms with E-state index in [1.54, 1.807) is 7.11 Å². The Labute approximate surface area is 107 Å². The lowest BCUT2D eigenvalue weighted by Gasteiger charge is -2.20. The van der Waals surface area contributed by atoms with Gasteiger partial charge >= 0.3 is 0 Å². The van der Waals surface area contributed by atoms with Crippen LogP contribution in [0.4, 0.5) is 0 Å². The molecule has 2 nitrogen and oxygen atoms in total. The van der Waals surface area contributed by atoms with Crippen molar-refractivity contribution in [2.75, 3.05) is 27.3 Å². The lowest BCUT2D eigenvalue weighted by Crippen LogP contribution is -2.27. The summed E-state index contributed by atoms with van der Waals surface area (Å²) < 4.78 is 5.10. The van der Waals surface area contributed by atoms with Crippen LogP contribution in [0.25, 0.3) is 0 Å². The SMILES string of the molecule is COCC(Br)CN(C)Cc1ccc(C)cc1. The van der Waals surface area contributed by atoms with Gasteiger partial charge in [-0.05, 0) is 19.5 Å². The maximum absolute atomic E-state index is 5.10. The molecule has 1 rings (SSSR count). The van der Waals surface area contributed by atoms with Crippen molar-refractivity contribution in [1.82, 2.24) is 4.90 Å². The molecule has 90 valence electrons. The minimum absolute atomic E-state index is 0.396. The highest BCUT2D eigenvalue weighted by molar-refractivity contribution is 9.09. The minimum Gasteiger partial charge on any atom is -0.383 e. The van der Waals surface area contributed by atoms with Crippen LogP contribution in [-0.2, 0) is 11.3 Å². The molecule has 1 aromatic carbocycles. The topological polar surface area (TPSA) is 12.5 Å². The fourth-order valence-corrected chi connectivity index (χ4v) is 2.40. The summed E-state index contributed by atoms with van der Waals surface area (Å²) in [6.45, 7) is 4.83. The standard InChI is InChI=1S/C13H20BrNO/c1-11-4-6-12(7-5-11)8-15(2)9-13(14)10-16-3/h4-7,13H,8-10H2,1-3H3. The summed E-state index contributed by atoms with van der Waals surface area (Å²) in [6, 6.07) is 8.69. The fraction of sp³-hybridized carbons (Fsp3) is 0.538. The molecule has 0 aliphatic carbocycles. The van der Waals surface area contributed by atoms with Crippen LogP contribution >= 0.6 is 15.9 Å². The number of ether oxygens (including phenoxy) is 1. The first-order chi connectivity index (χ1) is 7.61. The van der Waals surface area contributed by atoms with E-state index in [4.69, 9.17) is 4.74 Å². The molecule has 0 radical (unpaired) electrons. The molecule has 0 fully saturated rings. The third-order valence-corrected chi connectivity index (χ3v) is 2.98. The normalized spacial score (nSPS) is 13.1. The van der Waals surface area contributed by atoms with Gasteiger partial charge in [0, 0.05) is 20.2 Å². The van der Waals surface area contributed by atoms with Crippen LogP contribution in [0.2, 0.25) is 0 Å². The van der Waals surface area contributed by atoms with Crippen molar-refractivity contribution in [3.63, 3.8) is 0 Å². The van der Waals surface area contributed by atoms with E-state index < -0.39 is 0 Å². The van der Waals surface area contributed by atoms with Crippen molar-refractivity contribution in [1.29, 1.82) is 0 Å². The van der Waals surface area contributed by atoms with E-state index >= 15 is 0 Å². The number of nitrogens with zero attached hydrogens (tertiary/aromatic N) is 1. The van der Waals surface area contributed by atoms with Crippen LogP contribution in [0.1, 0.15) is 11.1 Å². The van der Waals surface area contributed by atoms with E-state index in [1.165, 1.54) is 11.1 Å². The first-order valence-electron chi connectivity index (χ1n) is 5.49. The zero-order valence-corrected chi connectivity index (χ0v) is 11.8. The van der Waals surface area contributed by atoms with E-state index in [0.717, 1.165) is 19.7 Å². The van der Waals surface area contributed by atoms with Gasteiger partial charge in [-0.2, -0.15) is 0 Å². The van der Waals surface area contributed by atoms with Crippen molar-refractivity contribution in [3.05, 3.63) is 35.4 Å². The first-order valence-corrected chi connectivity index (χ1v) is 6.40. The van der Waals surface area contributed by atoms with Crippen LogP contribution in [-0.4, -0.2) is 37.0 Å². The van der Waals surface area contributed by atoms with Crippen LogP contribution in [0.5, 0.6) is 0 Å². The highest BCUT2D eigenvalue weighted by atomic mass is 79.9. The van der Waals surface area contributed by atoms with Crippen molar-refractivity contribution < 1.29 is 4.74 Å². The Hall–Kier alpha value is -0.380. The number of hydrogen-bond acceptors (Lipinski definition) is 2. The molecule has 0 bridgehead atoms. The molecule has 1 aromatic rings. The quantitative estimate of drug-likeness (QED) is 0.746. The molecule has 0 amide bonds. The molecular formula is C13H20BrNO. The van der Waals surface area contributed by atoms with Crippen LogP contribution in [0.15, 0.2) is 24.3 Å². The summed E-state index contributed by atoms with van der Waals surface area (Å²) in [4.78, 5) is 2.69.